The number of imidazole rings is 1. The fourth-order valence-electron chi connectivity index (χ4n) is 2.26. The quantitative estimate of drug-likeness (QED) is 0.789. The predicted molar refractivity (Wildman–Crippen MR) is 62.4 cm³/mol. The van der Waals surface area contributed by atoms with Gasteiger partial charge in [0, 0.05) is 25.1 Å². The molecule has 0 radical (unpaired) electrons. The Morgan fingerprint density at radius 1 is 1.38 bits per heavy atom. The lowest BCUT2D eigenvalue weighted by Crippen LogP contribution is -2.23. The Bertz CT molecular complexity index is 489. The molecular weight excluding hydrogens is 200 g/mol. The minimum absolute atomic E-state index is 0.389. The Balaban J connectivity index is 2.05. The van der Waals surface area contributed by atoms with Crippen LogP contribution in [0.3, 0.4) is 0 Å². The highest BCUT2D eigenvalue weighted by Gasteiger charge is 2.21. The van der Waals surface area contributed by atoms with Gasteiger partial charge >= 0.3 is 0 Å². The van der Waals surface area contributed by atoms with Crippen LogP contribution in [0.5, 0.6) is 0 Å². The molecule has 0 fully saturated rings. The Hall–Kier alpha value is -1.84. The third-order valence-electron chi connectivity index (χ3n) is 2.98. The number of aryl methyl sites for hydroxylation is 1. The molecule has 82 valence electrons. The minimum Gasteiger partial charge on any atom is -0.356 e. The number of hydrogen-bond donors (Lipinski definition) is 1. The van der Waals surface area contributed by atoms with E-state index in [1.54, 1.807) is 0 Å². The highest BCUT2D eigenvalue weighted by atomic mass is 15.2. The van der Waals surface area contributed by atoms with Crippen LogP contribution in [-0.2, 0) is 0 Å². The lowest BCUT2D eigenvalue weighted by Gasteiger charge is -2.26. The van der Waals surface area contributed by atoms with Crippen LogP contribution in [0.4, 0.5) is 5.95 Å². The number of hydrogen-bond acceptors (Lipinski definition) is 3. The highest BCUT2D eigenvalue weighted by molar-refractivity contribution is 5.35. The summed E-state index contributed by atoms with van der Waals surface area (Å²) in [6, 6.07) is 4.55. The van der Waals surface area contributed by atoms with Crippen molar-refractivity contribution in [1.82, 2.24) is 14.5 Å². The van der Waals surface area contributed by atoms with Gasteiger partial charge in [-0.1, -0.05) is 0 Å². The van der Waals surface area contributed by atoms with E-state index < -0.39 is 0 Å². The van der Waals surface area contributed by atoms with Gasteiger partial charge in [-0.2, -0.15) is 0 Å². The van der Waals surface area contributed by atoms with Gasteiger partial charge in [0.15, 0.2) is 0 Å². The van der Waals surface area contributed by atoms with Crippen LogP contribution in [0.25, 0.3) is 0 Å². The van der Waals surface area contributed by atoms with Crippen LogP contribution in [0.15, 0.2) is 30.7 Å². The number of nitrogens with one attached hydrogen (secondary N) is 1. The first-order chi connectivity index (χ1) is 7.84. The molecule has 0 saturated carbocycles. The van der Waals surface area contributed by atoms with Gasteiger partial charge in [0.2, 0.25) is 5.95 Å². The van der Waals surface area contributed by atoms with Gasteiger partial charge < -0.3 is 9.88 Å². The largest absolute Gasteiger partial charge is 0.356 e. The Morgan fingerprint density at radius 3 is 3.00 bits per heavy atom. The van der Waals surface area contributed by atoms with Crippen molar-refractivity contribution in [1.29, 1.82) is 0 Å². The smallest absolute Gasteiger partial charge is 0.203 e. The van der Waals surface area contributed by atoms with E-state index in [2.05, 4.69) is 38.2 Å². The first kappa shape index (κ1) is 9.39. The number of nitrogens with zero attached hydrogens (tertiary/aromatic N) is 3. The maximum atomic E-state index is 4.46. The third kappa shape index (κ3) is 1.46. The van der Waals surface area contributed by atoms with E-state index in [1.807, 2.05) is 19.3 Å². The van der Waals surface area contributed by atoms with Crippen molar-refractivity contribution in [3.63, 3.8) is 0 Å². The van der Waals surface area contributed by atoms with E-state index in [1.165, 1.54) is 5.56 Å². The Labute approximate surface area is 94.4 Å². The Kier molecular flexibility index (Phi) is 2.13. The summed E-state index contributed by atoms with van der Waals surface area (Å²) in [5.74, 6) is 0.977. The van der Waals surface area contributed by atoms with Crippen molar-refractivity contribution in [3.05, 3.63) is 42.0 Å². The summed E-state index contributed by atoms with van der Waals surface area (Å²) in [4.78, 5) is 8.52. The van der Waals surface area contributed by atoms with Crippen molar-refractivity contribution in [2.75, 3.05) is 11.9 Å². The number of anilines is 1. The summed E-state index contributed by atoms with van der Waals surface area (Å²) in [5.41, 5.74) is 2.36. The van der Waals surface area contributed by atoms with Crippen LogP contribution < -0.4 is 5.32 Å². The molecule has 3 heterocycles. The van der Waals surface area contributed by atoms with Crippen molar-refractivity contribution in [2.24, 2.45) is 0 Å². The zero-order valence-corrected chi connectivity index (χ0v) is 9.22. The molecule has 1 unspecified atom stereocenters. The zero-order valence-electron chi connectivity index (χ0n) is 9.22. The van der Waals surface area contributed by atoms with Crippen LogP contribution in [0, 0.1) is 6.92 Å². The average Bonchev–Trinajstić information content (AvgIpc) is 2.70. The number of aromatic nitrogens is 3. The van der Waals surface area contributed by atoms with Gasteiger partial charge in [0.1, 0.15) is 0 Å². The molecule has 0 spiro atoms. The number of pyridine rings is 1. The molecule has 1 aliphatic heterocycles. The maximum Gasteiger partial charge on any atom is 0.203 e. The van der Waals surface area contributed by atoms with Crippen molar-refractivity contribution >= 4 is 5.95 Å². The fraction of sp³-hybridized carbons (Fsp3) is 0.333. The van der Waals surface area contributed by atoms with Gasteiger partial charge in [-0.25, -0.2) is 4.98 Å². The molecule has 4 nitrogen and oxygen atoms in total. The molecule has 4 heteroatoms. The second-order valence-electron chi connectivity index (χ2n) is 4.12. The van der Waals surface area contributed by atoms with E-state index >= 15 is 0 Å². The Morgan fingerprint density at radius 2 is 2.19 bits per heavy atom. The molecule has 1 aliphatic rings. The summed E-state index contributed by atoms with van der Waals surface area (Å²) < 4.78 is 2.22. The molecule has 0 amide bonds. The third-order valence-corrected chi connectivity index (χ3v) is 2.98. The molecule has 0 bridgehead atoms. The SMILES string of the molecule is Cc1cn2c(n1)NCCC2c1ccncc1. The second-order valence-corrected chi connectivity index (χ2v) is 4.12. The van der Waals surface area contributed by atoms with Gasteiger partial charge in [-0.15, -0.1) is 0 Å². The molecule has 1 atom stereocenters. The summed E-state index contributed by atoms with van der Waals surface area (Å²) in [6.45, 7) is 3.00. The zero-order chi connectivity index (χ0) is 11.0. The van der Waals surface area contributed by atoms with Crippen LogP contribution in [-0.4, -0.2) is 21.1 Å². The van der Waals surface area contributed by atoms with E-state index in [0.717, 1.165) is 24.6 Å². The molecule has 2 aromatic heterocycles. The first-order valence-corrected chi connectivity index (χ1v) is 5.54. The van der Waals surface area contributed by atoms with E-state index in [-0.39, 0.29) is 0 Å². The highest BCUT2D eigenvalue weighted by Crippen LogP contribution is 2.29. The predicted octanol–water partition coefficient (Wildman–Crippen LogP) is 1.99. The monoisotopic (exact) mass is 214 g/mol. The van der Waals surface area contributed by atoms with Gasteiger partial charge in [-0.3, -0.25) is 4.98 Å². The topological polar surface area (TPSA) is 42.7 Å². The molecule has 16 heavy (non-hydrogen) atoms. The van der Waals surface area contributed by atoms with Crippen LogP contribution in [0.2, 0.25) is 0 Å². The van der Waals surface area contributed by atoms with E-state index in [4.69, 9.17) is 0 Å². The summed E-state index contributed by atoms with van der Waals surface area (Å²) in [6.07, 6.45) is 6.89. The molecule has 3 rings (SSSR count). The van der Waals surface area contributed by atoms with Crippen molar-refractivity contribution in [2.45, 2.75) is 19.4 Å². The molecule has 2 aromatic rings. The average molecular weight is 214 g/mol. The molecule has 0 aromatic carbocycles. The van der Waals surface area contributed by atoms with E-state index in [0.29, 0.717) is 6.04 Å². The summed E-state index contributed by atoms with van der Waals surface area (Å²) >= 11 is 0. The second kappa shape index (κ2) is 3.63. The van der Waals surface area contributed by atoms with Crippen molar-refractivity contribution < 1.29 is 0 Å². The molecule has 0 saturated heterocycles. The van der Waals surface area contributed by atoms with Crippen LogP contribution >= 0.6 is 0 Å². The standard InChI is InChI=1S/C12H14N4/c1-9-8-16-11(4-7-14-12(16)15-9)10-2-5-13-6-3-10/h2-3,5-6,8,11H,4,7H2,1H3,(H,14,15). The lowest BCUT2D eigenvalue weighted by atomic mass is 10.0. The molecule has 0 aliphatic carbocycles. The van der Waals surface area contributed by atoms with Gasteiger partial charge in [-0.05, 0) is 31.0 Å². The molecular formula is C12H14N4. The fourth-order valence-corrected chi connectivity index (χ4v) is 2.26. The van der Waals surface area contributed by atoms with E-state index in [9.17, 15) is 0 Å². The van der Waals surface area contributed by atoms with Gasteiger partial charge in [0.05, 0.1) is 11.7 Å². The summed E-state index contributed by atoms with van der Waals surface area (Å²) in [7, 11) is 0. The lowest BCUT2D eigenvalue weighted by molar-refractivity contribution is 0.530. The molecule has 1 N–H and O–H groups in total. The minimum atomic E-state index is 0.389. The summed E-state index contributed by atoms with van der Waals surface area (Å²) in [5, 5.41) is 3.32. The number of fused-ring (bicyclic) bond motifs is 1. The first-order valence-electron chi connectivity index (χ1n) is 5.54. The van der Waals surface area contributed by atoms with Crippen LogP contribution in [0.1, 0.15) is 23.7 Å². The van der Waals surface area contributed by atoms with Crippen molar-refractivity contribution in [3.8, 4) is 0 Å². The number of rotatable bonds is 1. The maximum absolute atomic E-state index is 4.46. The van der Waals surface area contributed by atoms with Gasteiger partial charge in [0.25, 0.3) is 0 Å². The normalized spacial score (nSPS) is 18.9.